The highest BCUT2D eigenvalue weighted by atomic mass is 32.1. The van der Waals surface area contributed by atoms with Crippen LogP contribution in [-0.4, -0.2) is 29.3 Å². The molecule has 2 N–H and O–H groups in total. The monoisotopic (exact) mass is 325 g/mol. The molecule has 1 heterocycles. The standard InChI is InChI=1S/C16H27N3O2S/c1-11(14-17-8-9-22-14)19-13-7-5-6-12(13)10-18-15(20)21-16(2,3)4/h8-9,11-13,19H,5-7,10H2,1-4H3,(H,18,20). The fourth-order valence-electron chi connectivity index (χ4n) is 2.87. The molecule has 124 valence electrons. The van der Waals surface area contributed by atoms with Gasteiger partial charge in [-0.15, -0.1) is 11.3 Å². The van der Waals surface area contributed by atoms with E-state index in [4.69, 9.17) is 4.74 Å². The summed E-state index contributed by atoms with van der Waals surface area (Å²) in [6.07, 6.45) is 5.00. The van der Waals surface area contributed by atoms with Crippen molar-refractivity contribution in [3.05, 3.63) is 16.6 Å². The Balaban J connectivity index is 1.79. The van der Waals surface area contributed by atoms with E-state index in [2.05, 4.69) is 22.5 Å². The van der Waals surface area contributed by atoms with Crippen LogP contribution in [0.4, 0.5) is 4.79 Å². The third kappa shape index (κ3) is 5.25. The molecule has 0 radical (unpaired) electrons. The van der Waals surface area contributed by atoms with Gasteiger partial charge in [0.2, 0.25) is 0 Å². The van der Waals surface area contributed by atoms with Gasteiger partial charge in [-0.2, -0.15) is 0 Å². The number of rotatable bonds is 5. The van der Waals surface area contributed by atoms with Gasteiger partial charge in [0.1, 0.15) is 10.6 Å². The summed E-state index contributed by atoms with van der Waals surface area (Å²) in [7, 11) is 0. The van der Waals surface area contributed by atoms with Gasteiger partial charge < -0.3 is 15.4 Å². The molecule has 1 aromatic heterocycles. The minimum Gasteiger partial charge on any atom is -0.444 e. The molecule has 1 saturated carbocycles. The van der Waals surface area contributed by atoms with Crippen LogP contribution in [0.15, 0.2) is 11.6 Å². The third-order valence-corrected chi connectivity index (χ3v) is 4.81. The lowest BCUT2D eigenvalue weighted by Crippen LogP contribution is -2.41. The average molecular weight is 325 g/mol. The number of hydrogen-bond donors (Lipinski definition) is 2. The van der Waals surface area contributed by atoms with E-state index in [0.29, 0.717) is 18.5 Å². The fraction of sp³-hybridized carbons (Fsp3) is 0.750. The Hall–Kier alpha value is -1.14. The molecule has 22 heavy (non-hydrogen) atoms. The van der Waals surface area contributed by atoms with Crippen molar-refractivity contribution in [2.75, 3.05) is 6.54 Å². The number of alkyl carbamates (subject to hydrolysis) is 1. The highest BCUT2D eigenvalue weighted by molar-refractivity contribution is 7.09. The Morgan fingerprint density at radius 2 is 2.27 bits per heavy atom. The molecule has 0 saturated heterocycles. The first-order chi connectivity index (χ1) is 10.3. The number of hydrogen-bond acceptors (Lipinski definition) is 5. The van der Waals surface area contributed by atoms with Crippen LogP contribution in [0.1, 0.15) is 58.0 Å². The van der Waals surface area contributed by atoms with E-state index in [1.54, 1.807) is 11.3 Å². The highest BCUT2D eigenvalue weighted by Crippen LogP contribution is 2.28. The molecule has 0 aromatic carbocycles. The second-order valence-electron chi connectivity index (χ2n) is 6.94. The topological polar surface area (TPSA) is 63.2 Å². The molecular formula is C16H27N3O2S. The van der Waals surface area contributed by atoms with E-state index in [1.807, 2.05) is 32.3 Å². The van der Waals surface area contributed by atoms with Gasteiger partial charge in [0.15, 0.2) is 0 Å². The van der Waals surface area contributed by atoms with Crippen molar-refractivity contribution in [2.45, 2.75) is 64.6 Å². The molecule has 2 rings (SSSR count). The predicted octanol–water partition coefficient (Wildman–Crippen LogP) is 3.49. The normalized spacial score (nSPS) is 23.3. The van der Waals surface area contributed by atoms with Gasteiger partial charge in [-0.3, -0.25) is 0 Å². The third-order valence-electron chi connectivity index (χ3n) is 3.85. The number of carbonyl (C=O) groups is 1. The molecule has 1 amide bonds. The molecule has 0 bridgehead atoms. The number of nitrogens with zero attached hydrogens (tertiary/aromatic N) is 1. The average Bonchev–Trinajstić information content (AvgIpc) is 3.05. The molecule has 3 unspecified atom stereocenters. The number of thiazole rings is 1. The minimum absolute atomic E-state index is 0.257. The lowest BCUT2D eigenvalue weighted by molar-refractivity contribution is 0.0517. The zero-order valence-corrected chi connectivity index (χ0v) is 14.7. The summed E-state index contributed by atoms with van der Waals surface area (Å²) < 4.78 is 5.29. The Kier molecular flexibility index (Phi) is 5.81. The van der Waals surface area contributed by atoms with E-state index in [0.717, 1.165) is 17.8 Å². The molecule has 0 aliphatic heterocycles. The zero-order chi connectivity index (χ0) is 16.2. The molecule has 5 nitrogen and oxygen atoms in total. The first-order valence-corrected chi connectivity index (χ1v) is 8.85. The molecule has 1 aliphatic carbocycles. The van der Waals surface area contributed by atoms with Gasteiger partial charge in [-0.05, 0) is 46.5 Å². The van der Waals surface area contributed by atoms with Crippen molar-refractivity contribution in [3.8, 4) is 0 Å². The molecule has 1 fully saturated rings. The van der Waals surface area contributed by atoms with Crippen LogP contribution in [0.5, 0.6) is 0 Å². The SMILES string of the molecule is CC(NC1CCCC1CNC(=O)OC(C)(C)C)c1nccs1. The smallest absolute Gasteiger partial charge is 0.407 e. The number of carbonyl (C=O) groups excluding carboxylic acids is 1. The van der Waals surface area contributed by atoms with Crippen LogP contribution in [0.25, 0.3) is 0 Å². The van der Waals surface area contributed by atoms with Gasteiger partial charge in [-0.25, -0.2) is 9.78 Å². The lowest BCUT2D eigenvalue weighted by Gasteiger charge is -2.25. The van der Waals surface area contributed by atoms with E-state index < -0.39 is 5.60 Å². The maximum Gasteiger partial charge on any atom is 0.407 e. The Morgan fingerprint density at radius 3 is 2.91 bits per heavy atom. The lowest BCUT2D eigenvalue weighted by atomic mass is 10.0. The molecule has 0 spiro atoms. The molecule has 1 aliphatic rings. The summed E-state index contributed by atoms with van der Waals surface area (Å²) in [6, 6.07) is 0.681. The first kappa shape index (κ1) is 17.2. The summed E-state index contributed by atoms with van der Waals surface area (Å²) in [5.74, 6) is 0.454. The minimum atomic E-state index is -0.448. The maximum atomic E-state index is 11.8. The van der Waals surface area contributed by atoms with Gasteiger partial charge in [0.25, 0.3) is 0 Å². The van der Waals surface area contributed by atoms with E-state index in [1.165, 1.54) is 6.42 Å². The van der Waals surface area contributed by atoms with Crippen molar-refractivity contribution >= 4 is 17.4 Å². The Bertz CT molecular complexity index is 470. The van der Waals surface area contributed by atoms with Crippen LogP contribution in [0, 0.1) is 5.92 Å². The van der Waals surface area contributed by atoms with Crippen LogP contribution < -0.4 is 10.6 Å². The van der Waals surface area contributed by atoms with Crippen LogP contribution >= 0.6 is 11.3 Å². The van der Waals surface area contributed by atoms with Crippen molar-refractivity contribution in [1.82, 2.24) is 15.6 Å². The summed E-state index contributed by atoms with van der Waals surface area (Å²) in [5.41, 5.74) is -0.448. The number of amides is 1. The quantitative estimate of drug-likeness (QED) is 0.870. The van der Waals surface area contributed by atoms with Gasteiger partial charge >= 0.3 is 6.09 Å². The molecule has 6 heteroatoms. The number of nitrogens with one attached hydrogen (secondary N) is 2. The summed E-state index contributed by atoms with van der Waals surface area (Å²) in [6.45, 7) is 8.44. The second kappa shape index (κ2) is 7.42. The van der Waals surface area contributed by atoms with Crippen molar-refractivity contribution in [2.24, 2.45) is 5.92 Å². The van der Waals surface area contributed by atoms with Gasteiger partial charge in [-0.1, -0.05) is 6.42 Å². The van der Waals surface area contributed by atoms with E-state index >= 15 is 0 Å². The van der Waals surface area contributed by atoms with E-state index in [9.17, 15) is 4.79 Å². The first-order valence-electron chi connectivity index (χ1n) is 7.97. The van der Waals surface area contributed by atoms with Gasteiger partial charge in [0, 0.05) is 24.2 Å². The van der Waals surface area contributed by atoms with Crippen LogP contribution in [-0.2, 0) is 4.74 Å². The van der Waals surface area contributed by atoms with Crippen LogP contribution in [0.3, 0.4) is 0 Å². The second-order valence-corrected chi connectivity index (χ2v) is 7.87. The zero-order valence-electron chi connectivity index (χ0n) is 13.9. The van der Waals surface area contributed by atoms with Crippen molar-refractivity contribution in [3.63, 3.8) is 0 Å². The summed E-state index contributed by atoms with van der Waals surface area (Å²) in [5, 5.41) is 9.68. The Morgan fingerprint density at radius 1 is 1.50 bits per heavy atom. The summed E-state index contributed by atoms with van der Waals surface area (Å²) in [4.78, 5) is 16.1. The fourth-order valence-corrected chi connectivity index (χ4v) is 3.52. The Labute approximate surface area is 136 Å². The number of ether oxygens (including phenoxy) is 1. The summed E-state index contributed by atoms with van der Waals surface area (Å²) >= 11 is 1.68. The largest absolute Gasteiger partial charge is 0.444 e. The maximum absolute atomic E-state index is 11.8. The highest BCUT2D eigenvalue weighted by Gasteiger charge is 2.29. The molecule has 1 aromatic rings. The van der Waals surface area contributed by atoms with Crippen molar-refractivity contribution in [1.29, 1.82) is 0 Å². The van der Waals surface area contributed by atoms with Crippen molar-refractivity contribution < 1.29 is 9.53 Å². The predicted molar refractivity (Wildman–Crippen MR) is 89.0 cm³/mol. The molecule has 3 atom stereocenters. The number of aromatic nitrogens is 1. The van der Waals surface area contributed by atoms with Crippen LogP contribution in [0.2, 0.25) is 0 Å². The molecular weight excluding hydrogens is 298 g/mol. The van der Waals surface area contributed by atoms with E-state index in [-0.39, 0.29) is 12.1 Å². The van der Waals surface area contributed by atoms with Gasteiger partial charge in [0.05, 0.1) is 6.04 Å².